The SMILES string of the molecule is CCCCC(CC)COC(O)C1=CCC=C2NC(N=Nc3cc(C)c(N(CC)CC(CC)CCCC)cc3NC(C)=O)SC2=C1. The molecule has 1 saturated heterocycles. The number of unbranched alkanes of at least 4 members (excludes halogenated alkanes) is 2. The van der Waals surface area contributed by atoms with Crippen LogP contribution in [0.2, 0.25) is 0 Å². The number of aryl methyl sites for hydroxylation is 1. The lowest BCUT2D eigenvalue weighted by molar-refractivity contribution is -0.114. The number of amides is 1. The summed E-state index contributed by atoms with van der Waals surface area (Å²) >= 11 is 1.56. The van der Waals surface area contributed by atoms with Gasteiger partial charge in [-0.2, -0.15) is 10.2 Å². The molecule has 0 saturated carbocycles. The summed E-state index contributed by atoms with van der Waals surface area (Å²) in [6.45, 7) is 17.2. The van der Waals surface area contributed by atoms with Crippen molar-refractivity contribution >= 4 is 34.7 Å². The second-order valence-corrected chi connectivity index (χ2v) is 13.4. The molecule has 1 aliphatic heterocycles. The fourth-order valence-corrected chi connectivity index (χ4v) is 6.79. The third-order valence-corrected chi connectivity index (χ3v) is 9.74. The highest BCUT2D eigenvalue weighted by molar-refractivity contribution is 8.04. The largest absolute Gasteiger partial charge is 0.371 e. The standard InChI is InChI=1S/C36H57N5O3S/c1-8-13-16-27(10-3)23-41(12-5)33-22-31(37-26(7)42)32(20-25(33)6)39-40-36-38-30-19-15-18-29(21-34(30)45-36)35(43)44-24-28(11-4)17-14-9-2/h18-22,27-28,35-36,38,43H,8-17,23-24H2,1-7H3,(H,37,42). The van der Waals surface area contributed by atoms with Crippen LogP contribution in [0.3, 0.4) is 0 Å². The van der Waals surface area contributed by atoms with Gasteiger partial charge in [0.2, 0.25) is 5.91 Å². The number of hydrogen-bond acceptors (Lipinski definition) is 8. The number of fused-ring (bicyclic) bond motifs is 1. The Bertz CT molecular complexity index is 1230. The van der Waals surface area contributed by atoms with Gasteiger partial charge in [0.15, 0.2) is 11.8 Å². The number of ether oxygens (including phenoxy) is 1. The molecule has 4 atom stereocenters. The maximum atomic E-state index is 12.2. The van der Waals surface area contributed by atoms with Gasteiger partial charge in [0.1, 0.15) is 5.69 Å². The number of nitrogens with one attached hydrogen (secondary N) is 2. The minimum Gasteiger partial charge on any atom is -0.371 e. The van der Waals surface area contributed by atoms with Gasteiger partial charge in [-0.1, -0.05) is 90.1 Å². The van der Waals surface area contributed by atoms with E-state index in [1.54, 1.807) is 11.8 Å². The van der Waals surface area contributed by atoms with Gasteiger partial charge in [-0.15, -0.1) is 0 Å². The zero-order valence-electron chi connectivity index (χ0n) is 28.7. The number of aliphatic hydroxyl groups excluding tert-OH is 1. The summed E-state index contributed by atoms with van der Waals surface area (Å²) in [5.74, 6) is 0.959. The molecule has 4 unspecified atom stereocenters. The van der Waals surface area contributed by atoms with Crippen molar-refractivity contribution in [1.82, 2.24) is 5.32 Å². The summed E-state index contributed by atoms with van der Waals surface area (Å²) in [6, 6.07) is 4.07. The highest BCUT2D eigenvalue weighted by atomic mass is 32.2. The first-order chi connectivity index (χ1) is 21.7. The minimum atomic E-state index is -0.953. The van der Waals surface area contributed by atoms with Crippen LogP contribution in [0.4, 0.5) is 17.1 Å². The summed E-state index contributed by atoms with van der Waals surface area (Å²) in [5.41, 5.74) is 4.96. The maximum absolute atomic E-state index is 12.2. The average Bonchev–Trinajstić information content (AvgIpc) is 3.30. The van der Waals surface area contributed by atoms with Crippen LogP contribution in [-0.4, -0.2) is 42.5 Å². The van der Waals surface area contributed by atoms with E-state index in [4.69, 9.17) is 4.74 Å². The zero-order chi connectivity index (χ0) is 32.8. The highest BCUT2D eigenvalue weighted by Gasteiger charge is 2.27. The Morgan fingerprint density at radius 1 is 1.11 bits per heavy atom. The van der Waals surface area contributed by atoms with E-state index in [2.05, 4.69) is 79.4 Å². The molecule has 0 aromatic heterocycles. The number of thioether (sulfide) groups is 1. The second-order valence-electron chi connectivity index (χ2n) is 12.3. The zero-order valence-corrected chi connectivity index (χ0v) is 29.5. The Kier molecular flexibility index (Phi) is 15.7. The minimum absolute atomic E-state index is 0.139. The Balaban J connectivity index is 1.74. The number of anilines is 2. The average molecular weight is 640 g/mol. The van der Waals surface area contributed by atoms with E-state index < -0.39 is 6.29 Å². The molecular formula is C36H57N5O3S. The second kappa shape index (κ2) is 19.1. The van der Waals surface area contributed by atoms with Crippen LogP contribution >= 0.6 is 11.8 Å². The number of aliphatic hydroxyl groups is 1. The highest BCUT2D eigenvalue weighted by Crippen LogP contribution is 2.40. The number of rotatable bonds is 19. The molecule has 8 nitrogen and oxygen atoms in total. The quantitative estimate of drug-likeness (QED) is 0.103. The molecule has 1 aromatic carbocycles. The third kappa shape index (κ3) is 11.3. The van der Waals surface area contributed by atoms with E-state index in [1.807, 2.05) is 18.2 Å². The van der Waals surface area contributed by atoms with Crippen LogP contribution in [-0.2, 0) is 9.53 Å². The monoisotopic (exact) mass is 639 g/mol. The first-order valence-electron chi connectivity index (χ1n) is 17.2. The summed E-state index contributed by atoms with van der Waals surface area (Å²) < 4.78 is 5.91. The third-order valence-electron chi connectivity index (χ3n) is 8.71. The maximum Gasteiger partial charge on any atom is 0.221 e. The molecule has 250 valence electrons. The van der Waals surface area contributed by atoms with Gasteiger partial charge in [-0.3, -0.25) is 4.79 Å². The molecule has 3 rings (SSSR count). The lowest BCUT2D eigenvalue weighted by Gasteiger charge is -2.30. The molecule has 1 aromatic rings. The van der Waals surface area contributed by atoms with E-state index in [1.165, 1.54) is 39.0 Å². The summed E-state index contributed by atoms with van der Waals surface area (Å²) in [6.07, 6.45) is 15.2. The summed E-state index contributed by atoms with van der Waals surface area (Å²) in [4.78, 5) is 15.6. The van der Waals surface area contributed by atoms with Crippen molar-refractivity contribution in [2.45, 2.75) is 118 Å². The van der Waals surface area contributed by atoms with Crippen LogP contribution < -0.4 is 15.5 Å². The van der Waals surface area contributed by atoms with E-state index in [-0.39, 0.29) is 11.4 Å². The Hall–Kier alpha value is -2.62. The van der Waals surface area contributed by atoms with Crippen molar-refractivity contribution in [3.8, 4) is 0 Å². The predicted octanol–water partition coefficient (Wildman–Crippen LogP) is 9.35. The van der Waals surface area contributed by atoms with Gasteiger partial charge in [0.05, 0.1) is 12.3 Å². The van der Waals surface area contributed by atoms with E-state index in [0.29, 0.717) is 36.2 Å². The number of carbonyl (C=O) groups is 1. The number of benzene rings is 1. The fourth-order valence-electron chi connectivity index (χ4n) is 5.79. The molecule has 1 heterocycles. The molecule has 0 spiro atoms. The van der Waals surface area contributed by atoms with Crippen molar-refractivity contribution in [3.05, 3.63) is 52.1 Å². The smallest absolute Gasteiger partial charge is 0.221 e. The van der Waals surface area contributed by atoms with Gasteiger partial charge in [-0.25, -0.2) is 0 Å². The lowest BCUT2D eigenvalue weighted by Crippen LogP contribution is -2.30. The molecule has 9 heteroatoms. The van der Waals surface area contributed by atoms with Crippen molar-refractivity contribution in [2.75, 3.05) is 29.9 Å². The van der Waals surface area contributed by atoms with Crippen LogP contribution in [0.1, 0.15) is 105 Å². The summed E-state index contributed by atoms with van der Waals surface area (Å²) in [5, 5.41) is 26.5. The Labute approximate surface area is 276 Å². The van der Waals surface area contributed by atoms with Crippen molar-refractivity contribution in [2.24, 2.45) is 22.1 Å². The lowest BCUT2D eigenvalue weighted by atomic mass is 9.98. The topological polar surface area (TPSA) is 98.6 Å². The van der Waals surface area contributed by atoms with E-state index in [0.717, 1.165) is 59.8 Å². The van der Waals surface area contributed by atoms with Crippen LogP contribution in [0.15, 0.2) is 56.8 Å². The molecule has 0 radical (unpaired) electrons. The normalized spacial score (nSPS) is 18.3. The number of hydrogen-bond donors (Lipinski definition) is 3. The molecule has 2 aliphatic rings. The molecule has 1 amide bonds. The number of allylic oxidation sites excluding steroid dienone is 2. The Morgan fingerprint density at radius 3 is 2.47 bits per heavy atom. The number of azo groups is 1. The van der Waals surface area contributed by atoms with E-state index in [9.17, 15) is 9.90 Å². The van der Waals surface area contributed by atoms with Crippen LogP contribution in [0, 0.1) is 18.8 Å². The Morgan fingerprint density at radius 2 is 1.82 bits per heavy atom. The van der Waals surface area contributed by atoms with E-state index >= 15 is 0 Å². The fraction of sp³-hybridized carbons (Fsp3) is 0.639. The van der Waals surface area contributed by atoms with Crippen molar-refractivity contribution in [3.63, 3.8) is 0 Å². The molecular weight excluding hydrogens is 582 g/mol. The summed E-state index contributed by atoms with van der Waals surface area (Å²) in [7, 11) is 0. The molecule has 1 aliphatic carbocycles. The molecule has 45 heavy (non-hydrogen) atoms. The molecule has 3 N–H and O–H groups in total. The van der Waals surface area contributed by atoms with Crippen molar-refractivity contribution in [1.29, 1.82) is 0 Å². The first-order valence-corrected chi connectivity index (χ1v) is 18.0. The van der Waals surface area contributed by atoms with Gasteiger partial charge in [0.25, 0.3) is 0 Å². The van der Waals surface area contributed by atoms with Crippen LogP contribution in [0.5, 0.6) is 0 Å². The first kappa shape index (κ1) is 36.8. The number of carbonyl (C=O) groups excluding carboxylic acids is 1. The predicted molar refractivity (Wildman–Crippen MR) is 190 cm³/mol. The molecule has 0 bridgehead atoms. The number of nitrogens with zero attached hydrogens (tertiary/aromatic N) is 3. The van der Waals surface area contributed by atoms with Crippen LogP contribution in [0.25, 0.3) is 0 Å². The van der Waals surface area contributed by atoms with Crippen molar-refractivity contribution < 1.29 is 14.6 Å². The molecule has 1 fully saturated rings. The van der Waals surface area contributed by atoms with Gasteiger partial charge >= 0.3 is 0 Å². The van der Waals surface area contributed by atoms with Gasteiger partial charge in [-0.05, 0) is 68.7 Å². The van der Waals surface area contributed by atoms with Gasteiger partial charge in [0, 0.05) is 41.9 Å². The van der Waals surface area contributed by atoms with Gasteiger partial charge < -0.3 is 25.4 Å².